The first-order valence-corrected chi connectivity index (χ1v) is 6.61. The van der Waals surface area contributed by atoms with Gasteiger partial charge < -0.3 is 5.32 Å². The van der Waals surface area contributed by atoms with Gasteiger partial charge in [0.15, 0.2) is 9.84 Å². The minimum atomic E-state index is -3.08. The summed E-state index contributed by atoms with van der Waals surface area (Å²) in [6.07, 6.45) is 0.648. The molecule has 0 fully saturated rings. The molecule has 4 heteroatoms. The van der Waals surface area contributed by atoms with Crippen molar-refractivity contribution in [2.24, 2.45) is 0 Å². The van der Waals surface area contributed by atoms with Crippen LogP contribution in [0.1, 0.15) is 18.1 Å². The molecule has 1 heterocycles. The molecule has 3 nitrogen and oxygen atoms in total. The average molecular weight is 225 g/mol. The van der Waals surface area contributed by atoms with Gasteiger partial charge in [-0.05, 0) is 31.5 Å². The highest BCUT2D eigenvalue weighted by Crippen LogP contribution is 2.33. The summed E-state index contributed by atoms with van der Waals surface area (Å²) in [6.45, 7) is 2.38. The maximum absolute atomic E-state index is 12.1. The van der Waals surface area contributed by atoms with Crippen molar-refractivity contribution in [2.75, 3.05) is 7.05 Å². The van der Waals surface area contributed by atoms with Crippen LogP contribution in [0.5, 0.6) is 0 Å². The molecule has 0 aliphatic carbocycles. The van der Waals surface area contributed by atoms with Crippen LogP contribution in [0.4, 0.5) is 0 Å². The largest absolute Gasteiger partial charge is 0.316 e. The number of benzene rings is 1. The van der Waals surface area contributed by atoms with Crippen molar-refractivity contribution < 1.29 is 8.42 Å². The fourth-order valence-corrected chi connectivity index (χ4v) is 3.94. The highest BCUT2D eigenvalue weighted by molar-refractivity contribution is 7.92. The van der Waals surface area contributed by atoms with E-state index in [4.69, 9.17) is 0 Å². The highest BCUT2D eigenvalue weighted by Gasteiger charge is 2.35. The minimum Gasteiger partial charge on any atom is -0.316 e. The molecule has 0 saturated heterocycles. The first kappa shape index (κ1) is 10.6. The van der Waals surface area contributed by atoms with Crippen molar-refractivity contribution in [1.29, 1.82) is 0 Å². The number of hydrogen-bond donors (Lipinski definition) is 1. The van der Waals surface area contributed by atoms with E-state index >= 15 is 0 Å². The van der Waals surface area contributed by atoms with Crippen molar-refractivity contribution >= 4 is 9.84 Å². The van der Waals surface area contributed by atoms with Gasteiger partial charge in [0.2, 0.25) is 0 Å². The molecule has 0 saturated carbocycles. The summed E-state index contributed by atoms with van der Waals surface area (Å²) in [7, 11) is -1.25. The third-order valence-electron chi connectivity index (χ3n) is 2.87. The number of hydrogen-bond acceptors (Lipinski definition) is 3. The van der Waals surface area contributed by atoms with Crippen LogP contribution in [0.15, 0.2) is 23.1 Å². The molecule has 0 spiro atoms. The van der Waals surface area contributed by atoms with Gasteiger partial charge in [-0.1, -0.05) is 18.2 Å². The SMILES string of the molecule is CNCc1cccc2c1S(=O)(=O)C(C)C2. The summed E-state index contributed by atoms with van der Waals surface area (Å²) in [5.41, 5.74) is 1.86. The van der Waals surface area contributed by atoms with Crippen LogP contribution >= 0.6 is 0 Å². The smallest absolute Gasteiger partial charge is 0.181 e. The van der Waals surface area contributed by atoms with Crippen molar-refractivity contribution in [3.63, 3.8) is 0 Å². The molecular formula is C11H15NO2S. The van der Waals surface area contributed by atoms with Gasteiger partial charge in [-0.3, -0.25) is 0 Å². The van der Waals surface area contributed by atoms with Gasteiger partial charge in [0.1, 0.15) is 0 Å². The molecule has 0 radical (unpaired) electrons. The fourth-order valence-electron chi connectivity index (χ4n) is 2.11. The Morgan fingerprint density at radius 1 is 1.47 bits per heavy atom. The lowest BCUT2D eigenvalue weighted by Gasteiger charge is -2.07. The zero-order valence-corrected chi connectivity index (χ0v) is 9.76. The Bertz CT molecular complexity index is 479. The van der Waals surface area contributed by atoms with E-state index in [0.717, 1.165) is 11.1 Å². The van der Waals surface area contributed by atoms with E-state index in [1.807, 2.05) is 25.2 Å². The summed E-state index contributed by atoms with van der Waals surface area (Å²) < 4.78 is 24.1. The molecule has 1 aromatic carbocycles. The second kappa shape index (κ2) is 3.61. The van der Waals surface area contributed by atoms with Gasteiger partial charge in [-0.25, -0.2) is 8.42 Å². The Hall–Kier alpha value is -0.870. The standard InChI is InChI=1S/C11H15NO2S/c1-8-6-9-4-3-5-10(7-12-2)11(9)15(8,13)14/h3-5,8,12H,6-7H2,1-2H3. The van der Waals surface area contributed by atoms with Crippen LogP contribution in [0.2, 0.25) is 0 Å². The van der Waals surface area contributed by atoms with E-state index in [9.17, 15) is 8.42 Å². The van der Waals surface area contributed by atoms with Crippen molar-refractivity contribution in [3.05, 3.63) is 29.3 Å². The first-order chi connectivity index (χ1) is 7.07. The number of fused-ring (bicyclic) bond motifs is 1. The lowest BCUT2D eigenvalue weighted by atomic mass is 10.1. The third-order valence-corrected chi connectivity index (χ3v) is 5.19. The summed E-state index contributed by atoms with van der Waals surface area (Å²) >= 11 is 0. The Morgan fingerprint density at radius 2 is 2.20 bits per heavy atom. The first-order valence-electron chi connectivity index (χ1n) is 5.06. The fraction of sp³-hybridized carbons (Fsp3) is 0.455. The van der Waals surface area contributed by atoms with E-state index in [1.54, 1.807) is 6.92 Å². The Morgan fingerprint density at radius 3 is 2.87 bits per heavy atom. The van der Waals surface area contributed by atoms with Gasteiger partial charge >= 0.3 is 0 Å². The summed E-state index contributed by atoms with van der Waals surface area (Å²) in [4.78, 5) is 0.562. The van der Waals surface area contributed by atoms with Crippen LogP contribution in [-0.4, -0.2) is 20.7 Å². The normalized spacial score (nSPS) is 22.7. The van der Waals surface area contributed by atoms with E-state index in [2.05, 4.69) is 5.32 Å². The van der Waals surface area contributed by atoms with E-state index < -0.39 is 9.84 Å². The predicted molar refractivity (Wildman–Crippen MR) is 59.6 cm³/mol. The second-order valence-corrected chi connectivity index (χ2v) is 6.30. The van der Waals surface area contributed by atoms with E-state index in [-0.39, 0.29) is 5.25 Å². The maximum Gasteiger partial charge on any atom is 0.181 e. The number of rotatable bonds is 2. The number of sulfone groups is 1. The topological polar surface area (TPSA) is 46.2 Å². The van der Waals surface area contributed by atoms with Crippen LogP contribution < -0.4 is 5.32 Å². The predicted octanol–water partition coefficient (Wildman–Crippen LogP) is 1.12. The van der Waals surface area contributed by atoms with Crippen molar-refractivity contribution in [3.8, 4) is 0 Å². The van der Waals surface area contributed by atoms with Crippen LogP contribution in [0, 0.1) is 0 Å². The zero-order chi connectivity index (χ0) is 11.1. The minimum absolute atomic E-state index is 0.273. The van der Waals surface area contributed by atoms with Gasteiger partial charge in [0.05, 0.1) is 10.1 Å². The molecule has 82 valence electrons. The quantitative estimate of drug-likeness (QED) is 0.820. The lowest BCUT2D eigenvalue weighted by molar-refractivity contribution is 0.589. The second-order valence-electron chi connectivity index (χ2n) is 4.00. The average Bonchev–Trinajstić information content (AvgIpc) is 2.39. The number of nitrogens with one attached hydrogen (secondary N) is 1. The molecule has 15 heavy (non-hydrogen) atoms. The van der Waals surface area contributed by atoms with E-state index in [1.165, 1.54) is 0 Å². The summed E-state index contributed by atoms with van der Waals surface area (Å²) in [5.74, 6) is 0. The molecule has 1 aliphatic rings. The Kier molecular flexibility index (Phi) is 2.56. The van der Waals surface area contributed by atoms with Gasteiger partial charge in [-0.2, -0.15) is 0 Å². The van der Waals surface area contributed by atoms with Crippen molar-refractivity contribution in [1.82, 2.24) is 5.32 Å². The molecule has 1 N–H and O–H groups in total. The lowest BCUT2D eigenvalue weighted by Crippen LogP contribution is -2.14. The van der Waals surface area contributed by atoms with Crippen LogP contribution in [0.3, 0.4) is 0 Å². The molecule has 1 unspecified atom stereocenters. The molecule has 0 aromatic heterocycles. The molecule has 1 aromatic rings. The molecule has 1 aliphatic heterocycles. The molecule has 1 atom stereocenters. The third kappa shape index (κ3) is 1.58. The maximum atomic E-state index is 12.1. The molecule has 2 rings (SSSR count). The summed E-state index contributed by atoms with van der Waals surface area (Å²) in [6, 6.07) is 5.72. The highest BCUT2D eigenvalue weighted by atomic mass is 32.2. The van der Waals surface area contributed by atoms with E-state index in [0.29, 0.717) is 17.9 Å². The van der Waals surface area contributed by atoms with Gasteiger partial charge in [-0.15, -0.1) is 0 Å². The Balaban J connectivity index is 2.62. The molecular weight excluding hydrogens is 210 g/mol. The zero-order valence-electron chi connectivity index (χ0n) is 8.95. The summed E-state index contributed by atoms with van der Waals surface area (Å²) in [5, 5.41) is 2.73. The van der Waals surface area contributed by atoms with Crippen LogP contribution in [0.25, 0.3) is 0 Å². The van der Waals surface area contributed by atoms with Gasteiger partial charge in [0, 0.05) is 6.54 Å². The van der Waals surface area contributed by atoms with Gasteiger partial charge in [0.25, 0.3) is 0 Å². The monoisotopic (exact) mass is 225 g/mol. The van der Waals surface area contributed by atoms with Crippen LogP contribution in [-0.2, 0) is 22.8 Å². The molecule has 0 amide bonds. The van der Waals surface area contributed by atoms with Crippen molar-refractivity contribution in [2.45, 2.75) is 30.0 Å². The Labute approximate surface area is 90.4 Å². The molecule has 0 bridgehead atoms.